The van der Waals surface area contributed by atoms with Crippen LogP contribution in [0, 0.1) is 0 Å². The number of rotatable bonds is 8. The van der Waals surface area contributed by atoms with E-state index >= 15 is 0 Å². The molecule has 162 valence electrons. The first kappa shape index (κ1) is 21.4. The third-order valence-corrected chi connectivity index (χ3v) is 5.88. The van der Waals surface area contributed by atoms with E-state index in [9.17, 15) is 5.11 Å². The number of benzene rings is 1. The minimum absolute atomic E-state index is 0.512. The molecule has 1 saturated heterocycles. The molecule has 0 saturated carbocycles. The fourth-order valence-electron chi connectivity index (χ4n) is 4.13. The Morgan fingerprint density at radius 3 is 2.87 bits per heavy atom. The summed E-state index contributed by atoms with van der Waals surface area (Å²) in [7, 11) is 1.65. The molecule has 4 rings (SSSR count). The molecule has 1 atom stereocenters. The quantitative estimate of drug-likeness (QED) is 0.584. The fourth-order valence-corrected chi connectivity index (χ4v) is 4.13. The van der Waals surface area contributed by atoms with Gasteiger partial charge in [-0.25, -0.2) is 0 Å². The van der Waals surface area contributed by atoms with E-state index in [-0.39, 0.29) is 0 Å². The molecule has 0 aliphatic carbocycles. The second-order valence-electron chi connectivity index (χ2n) is 7.97. The average Bonchev–Trinajstić information content (AvgIpc) is 2.82. The molecule has 1 aliphatic heterocycles. The van der Waals surface area contributed by atoms with Gasteiger partial charge in [0.15, 0.2) is 0 Å². The van der Waals surface area contributed by atoms with Gasteiger partial charge in [-0.05, 0) is 67.4 Å². The maximum atomic E-state index is 10.9. The van der Waals surface area contributed by atoms with Crippen LogP contribution in [0.5, 0.6) is 5.75 Å². The highest BCUT2D eigenvalue weighted by molar-refractivity contribution is 5.83. The number of fused-ring (bicyclic) bond motifs is 1. The summed E-state index contributed by atoms with van der Waals surface area (Å²) in [6.07, 6.45) is 11.3. The molecular weight excluding hydrogens is 388 g/mol. The number of piperidine rings is 1. The molecule has 6 heteroatoms. The number of pyridine rings is 2. The Balaban J connectivity index is 1.27. The Morgan fingerprint density at radius 1 is 1.23 bits per heavy atom. The number of aliphatic hydroxyl groups excluding tert-OH is 1. The van der Waals surface area contributed by atoms with Crippen molar-refractivity contribution in [3.8, 4) is 5.75 Å². The van der Waals surface area contributed by atoms with Crippen molar-refractivity contribution in [2.45, 2.75) is 25.0 Å². The van der Waals surface area contributed by atoms with Crippen LogP contribution in [-0.2, 0) is 0 Å². The van der Waals surface area contributed by atoms with Crippen LogP contribution in [0.15, 0.2) is 61.1 Å². The molecule has 1 fully saturated rings. The summed E-state index contributed by atoms with van der Waals surface area (Å²) in [4.78, 5) is 10.9. The molecule has 1 aromatic carbocycles. The number of nitrogens with one attached hydrogen (secondary N) is 1. The van der Waals surface area contributed by atoms with E-state index < -0.39 is 6.10 Å². The number of likely N-dealkylation sites (tertiary alicyclic amines) is 1. The minimum Gasteiger partial charge on any atom is -0.497 e. The fraction of sp³-hybridized carbons (Fsp3) is 0.360. The third-order valence-electron chi connectivity index (χ3n) is 5.88. The van der Waals surface area contributed by atoms with Crippen molar-refractivity contribution in [1.82, 2.24) is 20.2 Å². The Bertz CT molecular complexity index is 1000. The number of aliphatic hydroxyl groups is 1. The molecule has 2 N–H and O–H groups in total. The highest BCUT2D eigenvalue weighted by atomic mass is 16.5. The Morgan fingerprint density at radius 2 is 2.10 bits per heavy atom. The molecule has 31 heavy (non-hydrogen) atoms. The van der Waals surface area contributed by atoms with E-state index in [2.05, 4.69) is 38.4 Å². The highest BCUT2D eigenvalue weighted by Crippen LogP contribution is 2.27. The monoisotopic (exact) mass is 418 g/mol. The van der Waals surface area contributed by atoms with Crippen molar-refractivity contribution >= 4 is 17.0 Å². The zero-order valence-corrected chi connectivity index (χ0v) is 17.9. The minimum atomic E-state index is -0.551. The molecule has 2 aromatic heterocycles. The van der Waals surface area contributed by atoms with E-state index in [4.69, 9.17) is 4.74 Å². The van der Waals surface area contributed by atoms with Crippen LogP contribution in [0.25, 0.3) is 17.0 Å². The third kappa shape index (κ3) is 5.67. The summed E-state index contributed by atoms with van der Waals surface area (Å²) < 4.78 is 5.35. The summed E-state index contributed by atoms with van der Waals surface area (Å²) in [6, 6.07) is 12.2. The number of hydrogen-bond acceptors (Lipinski definition) is 6. The SMILES string of the molecule is COc1ccc2nccc([C@@H](O)CN3CCC(NC/C=C/c4cccnc4)CC3)c2c1. The first-order chi connectivity index (χ1) is 15.2. The predicted molar refractivity (Wildman–Crippen MR) is 124 cm³/mol. The van der Waals surface area contributed by atoms with E-state index in [1.807, 2.05) is 36.5 Å². The average molecular weight is 419 g/mol. The number of β-amino-alcohol motifs (C(OH)–C–C–N with tert-alkyl or cyclic N) is 1. The van der Waals surface area contributed by atoms with Crippen molar-refractivity contribution in [1.29, 1.82) is 0 Å². The van der Waals surface area contributed by atoms with Crippen molar-refractivity contribution in [3.05, 3.63) is 72.2 Å². The molecule has 6 nitrogen and oxygen atoms in total. The second-order valence-corrected chi connectivity index (χ2v) is 7.97. The zero-order chi connectivity index (χ0) is 21.5. The van der Waals surface area contributed by atoms with Crippen molar-refractivity contribution in [2.24, 2.45) is 0 Å². The van der Waals surface area contributed by atoms with Crippen LogP contribution in [0.4, 0.5) is 0 Å². The Labute approximate surface area is 183 Å². The van der Waals surface area contributed by atoms with Gasteiger partial charge in [0, 0.05) is 43.1 Å². The van der Waals surface area contributed by atoms with Gasteiger partial charge in [0.1, 0.15) is 5.75 Å². The van der Waals surface area contributed by atoms with Gasteiger partial charge in [0.25, 0.3) is 0 Å². The summed E-state index contributed by atoms with van der Waals surface area (Å²) in [6.45, 7) is 3.44. The molecular formula is C25H30N4O2. The van der Waals surface area contributed by atoms with Crippen LogP contribution < -0.4 is 10.1 Å². The summed E-state index contributed by atoms with van der Waals surface area (Å²) >= 11 is 0. The van der Waals surface area contributed by atoms with Crippen LogP contribution >= 0.6 is 0 Å². The topological polar surface area (TPSA) is 70.5 Å². The summed E-state index contributed by atoms with van der Waals surface area (Å²) in [5, 5.41) is 15.5. The van der Waals surface area contributed by atoms with Crippen LogP contribution in [0.2, 0.25) is 0 Å². The maximum Gasteiger partial charge on any atom is 0.119 e. The standard InChI is InChI=1S/C25H30N4O2/c1-31-21-6-7-24-23(16-21)22(8-13-28-24)25(30)18-29-14-9-20(10-15-29)27-12-3-5-19-4-2-11-26-17-19/h2-8,11,13,16-17,20,25,27,30H,9-10,12,14-15,18H2,1H3/b5-3+/t25-/m0/s1. The summed E-state index contributed by atoms with van der Waals surface area (Å²) in [5.74, 6) is 0.776. The van der Waals surface area contributed by atoms with Gasteiger partial charge in [0.05, 0.1) is 18.7 Å². The van der Waals surface area contributed by atoms with Crippen LogP contribution in [0.1, 0.15) is 30.1 Å². The van der Waals surface area contributed by atoms with E-state index in [0.717, 1.165) is 60.3 Å². The lowest BCUT2D eigenvalue weighted by Gasteiger charge is -2.33. The zero-order valence-electron chi connectivity index (χ0n) is 17.9. The second kappa shape index (κ2) is 10.5. The number of hydrogen-bond donors (Lipinski definition) is 2. The molecule has 0 unspecified atom stereocenters. The van der Waals surface area contributed by atoms with Gasteiger partial charge >= 0.3 is 0 Å². The van der Waals surface area contributed by atoms with E-state index in [1.54, 1.807) is 19.5 Å². The molecule has 3 aromatic rings. The number of methoxy groups -OCH3 is 1. The van der Waals surface area contributed by atoms with E-state index in [1.165, 1.54) is 0 Å². The van der Waals surface area contributed by atoms with Gasteiger partial charge in [-0.1, -0.05) is 18.2 Å². The molecule has 0 radical (unpaired) electrons. The lowest BCUT2D eigenvalue weighted by Crippen LogP contribution is -2.43. The Hall–Kier alpha value is -2.80. The first-order valence-corrected chi connectivity index (χ1v) is 10.9. The maximum absolute atomic E-state index is 10.9. The molecule has 0 amide bonds. The van der Waals surface area contributed by atoms with Gasteiger partial charge in [0.2, 0.25) is 0 Å². The molecule has 1 aliphatic rings. The number of nitrogens with zero attached hydrogens (tertiary/aromatic N) is 3. The van der Waals surface area contributed by atoms with Gasteiger partial charge in [-0.3, -0.25) is 9.97 Å². The molecule has 0 spiro atoms. The van der Waals surface area contributed by atoms with Crippen molar-refractivity contribution in [2.75, 3.05) is 33.3 Å². The lowest BCUT2D eigenvalue weighted by molar-refractivity contribution is 0.0955. The lowest BCUT2D eigenvalue weighted by atomic mass is 10.0. The van der Waals surface area contributed by atoms with Gasteiger partial charge in [-0.15, -0.1) is 0 Å². The Kier molecular flexibility index (Phi) is 7.25. The molecule has 0 bridgehead atoms. The largest absolute Gasteiger partial charge is 0.497 e. The van der Waals surface area contributed by atoms with Gasteiger partial charge < -0.3 is 20.1 Å². The summed E-state index contributed by atoms with van der Waals surface area (Å²) in [5.41, 5.74) is 2.90. The normalized spacial score (nSPS) is 16.7. The smallest absolute Gasteiger partial charge is 0.119 e. The first-order valence-electron chi connectivity index (χ1n) is 10.9. The van der Waals surface area contributed by atoms with Gasteiger partial charge in [-0.2, -0.15) is 0 Å². The highest BCUT2D eigenvalue weighted by Gasteiger charge is 2.22. The molecule has 3 heterocycles. The van der Waals surface area contributed by atoms with Crippen molar-refractivity contribution < 1.29 is 9.84 Å². The van der Waals surface area contributed by atoms with Crippen LogP contribution in [-0.4, -0.2) is 59.3 Å². The van der Waals surface area contributed by atoms with E-state index in [0.29, 0.717) is 12.6 Å². The number of ether oxygens (including phenoxy) is 1. The number of aromatic nitrogens is 2. The van der Waals surface area contributed by atoms with Crippen LogP contribution in [0.3, 0.4) is 0 Å². The van der Waals surface area contributed by atoms with Crippen molar-refractivity contribution in [3.63, 3.8) is 0 Å². The predicted octanol–water partition coefficient (Wildman–Crippen LogP) is 3.44.